The fourth-order valence-corrected chi connectivity index (χ4v) is 4.00. The number of para-hydroxylation sites is 1. The van der Waals surface area contributed by atoms with Gasteiger partial charge in [-0.2, -0.15) is 0 Å². The van der Waals surface area contributed by atoms with Gasteiger partial charge in [-0.1, -0.05) is 35.3 Å². The monoisotopic (exact) mass is 416 g/mol. The fraction of sp³-hybridized carbons (Fsp3) is 0.235. The maximum Gasteiger partial charge on any atom is 0.248 e. The van der Waals surface area contributed by atoms with E-state index in [2.05, 4.69) is 5.32 Å². The zero-order chi connectivity index (χ0) is 19.5. The Balaban J connectivity index is 2.36. The average Bonchev–Trinajstić information content (AvgIpc) is 2.56. The number of rotatable bonds is 6. The summed E-state index contributed by atoms with van der Waals surface area (Å²) in [5.41, 5.74) is 0.646. The molecule has 2 aromatic carbocycles. The van der Waals surface area contributed by atoms with E-state index in [4.69, 9.17) is 27.9 Å². The number of carbonyl (C=O) groups excluding carboxylic acids is 1. The van der Waals surface area contributed by atoms with Crippen LogP contribution in [0.2, 0.25) is 10.0 Å². The molecule has 2 aromatic rings. The van der Waals surface area contributed by atoms with Crippen molar-refractivity contribution in [3.05, 3.63) is 52.5 Å². The summed E-state index contributed by atoms with van der Waals surface area (Å²) >= 11 is 12.1. The van der Waals surface area contributed by atoms with E-state index in [1.807, 2.05) is 0 Å². The Morgan fingerprint density at radius 3 is 2.35 bits per heavy atom. The number of benzene rings is 2. The van der Waals surface area contributed by atoms with Crippen LogP contribution in [0.25, 0.3) is 0 Å². The first-order valence-electron chi connectivity index (χ1n) is 7.53. The van der Waals surface area contributed by atoms with Crippen molar-refractivity contribution < 1.29 is 17.9 Å². The molecule has 0 aliphatic carbocycles. The minimum atomic E-state index is -3.76. The number of hydrogen-bond donors (Lipinski definition) is 1. The third-order valence-electron chi connectivity index (χ3n) is 3.61. The summed E-state index contributed by atoms with van der Waals surface area (Å²) in [6.45, 7) is 1.48. The molecule has 1 N–H and O–H groups in total. The van der Waals surface area contributed by atoms with E-state index in [1.54, 1.807) is 24.3 Å². The molecular weight excluding hydrogens is 399 g/mol. The first-order chi connectivity index (χ1) is 12.1. The number of nitrogens with one attached hydrogen (secondary N) is 1. The molecule has 0 bridgehead atoms. The summed E-state index contributed by atoms with van der Waals surface area (Å²) in [5.74, 6) is -0.132. The van der Waals surface area contributed by atoms with E-state index >= 15 is 0 Å². The van der Waals surface area contributed by atoms with Crippen LogP contribution < -0.4 is 14.4 Å². The van der Waals surface area contributed by atoms with Crippen molar-refractivity contribution in [3.63, 3.8) is 0 Å². The van der Waals surface area contributed by atoms with Crippen molar-refractivity contribution in [2.45, 2.75) is 13.0 Å². The Labute approximate surface area is 162 Å². The second kappa shape index (κ2) is 8.16. The lowest BCUT2D eigenvalue weighted by Crippen LogP contribution is -2.45. The number of sulfonamides is 1. The molecule has 0 unspecified atom stereocenters. The van der Waals surface area contributed by atoms with E-state index in [1.165, 1.54) is 32.2 Å². The number of carbonyl (C=O) groups is 1. The Hall–Kier alpha value is -1.96. The highest BCUT2D eigenvalue weighted by molar-refractivity contribution is 7.92. The van der Waals surface area contributed by atoms with Gasteiger partial charge >= 0.3 is 0 Å². The highest BCUT2D eigenvalue weighted by Gasteiger charge is 2.30. The Morgan fingerprint density at radius 2 is 1.81 bits per heavy atom. The molecule has 0 radical (unpaired) electrons. The fourth-order valence-electron chi connectivity index (χ4n) is 2.40. The van der Waals surface area contributed by atoms with Gasteiger partial charge in [0.05, 0.1) is 34.8 Å². The summed E-state index contributed by atoms with van der Waals surface area (Å²) in [6.07, 6.45) is 1.02. The van der Waals surface area contributed by atoms with Gasteiger partial charge in [0.1, 0.15) is 11.8 Å². The van der Waals surface area contributed by atoms with Gasteiger partial charge in [0, 0.05) is 0 Å². The van der Waals surface area contributed by atoms with Gasteiger partial charge in [-0.25, -0.2) is 8.42 Å². The van der Waals surface area contributed by atoms with Crippen LogP contribution in [0.5, 0.6) is 5.75 Å². The summed E-state index contributed by atoms with van der Waals surface area (Å²) < 4.78 is 30.7. The third kappa shape index (κ3) is 4.60. The number of ether oxygens (including phenoxy) is 1. The summed E-state index contributed by atoms with van der Waals surface area (Å²) in [6, 6.07) is 10.1. The lowest BCUT2D eigenvalue weighted by Gasteiger charge is -2.28. The van der Waals surface area contributed by atoms with E-state index in [0.717, 1.165) is 10.6 Å². The molecule has 0 spiro atoms. The molecule has 140 valence electrons. The van der Waals surface area contributed by atoms with Gasteiger partial charge in [0.2, 0.25) is 15.9 Å². The van der Waals surface area contributed by atoms with Gasteiger partial charge in [-0.3, -0.25) is 9.10 Å². The minimum Gasteiger partial charge on any atom is -0.495 e. The Kier molecular flexibility index (Phi) is 6.39. The van der Waals surface area contributed by atoms with Crippen LogP contribution in [0.1, 0.15) is 6.92 Å². The second-order valence-electron chi connectivity index (χ2n) is 5.52. The highest BCUT2D eigenvalue weighted by Crippen LogP contribution is 2.31. The molecule has 0 aliphatic rings. The zero-order valence-corrected chi connectivity index (χ0v) is 16.7. The first-order valence-corrected chi connectivity index (χ1v) is 10.1. The molecule has 0 saturated heterocycles. The number of amides is 1. The van der Waals surface area contributed by atoms with Gasteiger partial charge in [-0.05, 0) is 37.3 Å². The molecule has 9 heteroatoms. The van der Waals surface area contributed by atoms with Crippen LogP contribution in [-0.2, 0) is 14.8 Å². The van der Waals surface area contributed by atoms with E-state index < -0.39 is 22.0 Å². The number of nitrogens with zero attached hydrogens (tertiary/aromatic N) is 1. The lowest BCUT2D eigenvalue weighted by atomic mass is 10.2. The Bertz CT molecular complexity index is 919. The van der Waals surface area contributed by atoms with Crippen LogP contribution in [0.15, 0.2) is 42.5 Å². The second-order valence-corrected chi connectivity index (χ2v) is 8.20. The predicted molar refractivity (Wildman–Crippen MR) is 105 cm³/mol. The first kappa shape index (κ1) is 20.4. The largest absolute Gasteiger partial charge is 0.495 e. The lowest BCUT2D eigenvalue weighted by molar-refractivity contribution is -0.116. The quantitative estimate of drug-likeness (QED) is 0.776. The van der Waals surface area contributed by atoms with Crippen molar-refractivity contribution in [1.82, 2.24) is 0 Å². The van der Waals surface area contributed by atoms with Crippen LogP contribution in [-0.4, -0.2) is 33.7 Å². The molecule has 1 amide bonds. The number of hydrogen-bond acceptors (Lipinski definition) is 4. The third-order valence-corrected chi connectivity index (χ3v) is 5.48. The SMILES string of the molecule is COc1ccc(N([C@H](C)C(=O)Nc2ccccc2Cl)S(C)(=O)=O)cc1Cl. The van der Waals surface area contributed by atoms with E-state index in [0.29, 0.717) is 16.5 Å². The maximum atomic E-state index is 12.6. The molecule has 2 rings (SSSR count). The molecule has 0 fully saturated rings. The summed E-state index contributed by atoms with van der Waals surface area (Å²) in [7, 11) is -2.31. The molecule has 0 aromatic heterocycles. The van der Waals surface area contributed by atoms with Crippen LogP contribution in [0.4, 0.5) is 11.4 Å². The van der Waals surface area contributed by atoms with Crippen molar-refractivity contribution in [2.24, 2.45) is 0 Å². The predicted octanol–water partition coefficient (Wildman–Crippen LogP) is 3.80. The summed E-state index contributed by atoms with van der Waals surface area (Å²) in [4.78, 5) is 12.6. The smallest absolute Gasteiger partial charge is 0.248 e. The van der Waals surface area contributed by atoms with Gasteiger partial charge in [0.25, 0.3) is 0 Å². The minimum absolute atomic E-state index is 0.234. The molecule has 0 aliphatic heterocycles. The van der Waals surface area contributed by atoms with Gasteiger partial charge in [-0.15, -0.1) is 0 Å². The average molecular weight is 417 g/mol. The zero-order valence-electron chi connectivity index (χ0n) is 14.4. The molecule has 1 atom stereocenters. The Morgan fingerprint density at radius 1 is 1.15 bits per heavy atom. The molecule has 26 heavy (non-hydrogen) atoms. The number of halogens is 2. The van der Waals surface area contributed by atoms with Crippen molar-refractivity contribution in [2.75, 3.05) is 23.0 Å². The standard InChI is InChI=1S/C17H18Cl2N2O4S/c1-11(17(22)20-15-7-5-4-6-13(15)18)21(26(3,23)24)12-8-9-16(25-2)14(19)10-12/h4-11H,1-3H3,(H,20,22)/t11-/m1/s1. The summed E-state index contributed by atoms with van der Waals surface area (Å²) in [5, 5.41) is 3.22. The normalized spacial score (nSPS) is 12.3. The van der Waals surface area contributed by atoms with Crippen LogP contribution in [0, 0.1) is 0 Å². The van der Waals surface area contributed by atoms with Gasteiger partial charge in [0.15, 0.2) is 0 Å². The highest BCUT2D eigenvalue weighted by atomic mass is 35.5. The van der Waals surface area contributed by atoms with Crippen molar-refractivity contribution >= 4 is 50.5 Å². The van der Waals surface area contributed by atoms with Crippen LogP contribution in [0.3, 0.4) is 0 Å². The number of methoxy groups -OCH3 is 1. The van der Waals surface area contributed by atoms with Gasteiger partial charge < -0.3 is 10.1 Å². The molecule has 6 nitrogen and oxygen atoms in total. The van der Waals surface area contributed by atoms with E-state index in [-0.39, 0.29) is 10.7 Å². The number of anilines is 2. The van der Waals surface area contributed by atoms with Crippen molar-refractivity contribution in [1.29, 1.82) is 0 Å². The molecular formula is C17H18Cl2N2O4S. The van der Waals surface area contributed by atoms with Crippen LogP contribution >= 0.6 is 23.2 Å². The molecule has 0 heterocycles. The van der Waals surface area contributed by atoms with E-state index in [9.17, 15) is 13.2 Å². The molecule has 0 saturated carbocycles. The maximum absolute atomic E-state index is 12.6. The van der Waals surface area contributed by atoms with Crippen molar-refractivity contribution in [3.8, 4) is 5.75 Å². The topological polar surface area (TPSA) is 75.7 Å².